The topological polar surface area (TPSA) is 75.7 Å². The number of anilines is 1. The molecule has 1 N–H and O–H groups in total. The number of benzene rings is 2. The Morgan fingerprint density at radius 2 is 2.00 bits per heavy atom. The molecule has 2 aromatic carbocycles. The summed E-state index contributed by atoms with van der Waals surface area (Å²) in [4.78, 5) is 14.4. The Kier molecular flexibility index (Phi) is 5.82. The van der Waals surface area contributed by atoms with Crippen molar-refractivity contribution in [1.82, 2.24) is 4.90 Å². The Labute approximate surface area is 160 Å². The molecule has 1 atom stereocenters. The van der Waals surface area contributed by atoms with Crippen LogP contribution < -0.4 is 4.72 Å². The third-order valence-corrected chi connectivity index (χ3v) is 5.76. The smallest absolute Gasteiger partial charge is 0.254 e. The van der Waals surface area contributed by atoms with Gasteiger partial charge in [0.2, 0.25) is 10.0 Å². The molecule has 0 aliphatic carbocycles. The zero-order chi connectivity index (χ0) is 19.4. The highest BCUT2D eigenvalue weighted by Gasteiger charge is 2.23. The van der Waals surface area contributed by atoms with Crippen LogP contribution in [0.25, 0.3) is 0 Å². The zero-order valence-corrected chi connectivity index (χ0v) is 16.3. The number of amides is 1. The van der Waals surface area contributed by atoms with Crippen LogP contribution in [0.2, 0.25) is 0 Å². The molecule has 144 valence electrons. The first kappa shape index (κ1) is 19.4. The van der Waals surface area contributed by atoms with Gasteiger partial charge >= 0.3 is 0 Å². The molecule has 0 spiro atoms. The number of hydrogen-bond acceptors (Lipinski definition) is 4. The van der Waals surface area contributed by atoms with Crippen LogP contribution in [0.5, 0.6) is 0 Å². The van der Waals surface area contributed by atoms with Gasteiger partial charge in [0, 0.05) is 24.3 Å². The minimum absolute atomic E-state index is 0.00139. The predicted molar refractivity (Wildman–Crippen MR) is 105 cm³/mol. The third kappa shape index (κ3) is 5.08. The minimum atomic E-state index is -3.58. The highest BCUT2D eigenvalue weighted by molar-refractivity contribution is 7.91. The third-order valence-electron chi connectivity index (χ3n) is 4.52. The van der Waals surface area contributed by atoms with E-state index >= 15 is 0 Å². The predicted octanol–water partition coefficient (Wildman–Crippen LogP) is 2.80. The molecule has 1 aliphatic heterocycles. The molecule has 1 unspecified atom stereocenters. The van der Waals surface area contributed by atoms with E-state index in [2.05, 4.69) is 4.72 Å². The van der Waals surface area contributed by atoms with Crippen molar-refractivity contribution >= 4 is 21.6 Å². The molecule has 7 heteroatoms. The fourth-order valence-corrected chi connectivity index (χ4v) is 4.39. The quantitative estimate of drug-likeness (QED) is 0.855. The van der Waals surface area contributed by atoms with Crippen molar-refractivity contribution in [2.24, 2.45) is 0 Å². The number of nitrogens with zero attached hydrogens (tertiary/aromatic N) is 1. The summed E-state index contributed by atoms with van der Waals surface area (Å²) in [6.45, 7) is 5.38. The Balaban J connectivity index is 1.73. The molecule has 1 saturated heterocycles. The molecule has 3 rings (SSSR count). The van der Waals surface area contributed by atoms with Gasteiger partial charge in [0.05, 0.1) is 18.5 Å². The van der Waals surface area contributed by atoms with E-state index in [1.807, 2.05) is 32.0 Å². The van der Waals surface area contributed by atoms with Crippen LogP contribution in [0.15, 0.2) is 48.5 Å². The van der Waals surface area contributed by atoms with Gasteiger partial charge in [0.15, 0.2) is 0 Å². The van der Waals surface area contributed by atoms with Crippen molar-refractivity contribution in [1.29, 1.82) is 0 Å². The van der Waals surface area contributed by atoms with Crippen molar-refractivity contribution in [2.75, 3.05) is 24.4 Å². The van der Waals surface area contributed by atoms with E-state index < -0.39 is 10.0 Å². The maximum absolute atomic E-state index is 12.7. The van der Waals surface area contributed by atoms with E-state index in [1.54, 1.807) is 35.2 Å². The van der Waals surface area contributed by atoms with Gasteiger partial charge in [-0.25, -0.2) is 8.42 Å². The van der Waals surface area contributed by atoms with Gasteiger partial charge < -0.3 is 9.64 Å². The van der Waals surface area contributed by atoms with Crippen LogP contribution in [0.4, 0.5) is 5.69 Å². The average Bonchev–Trinajstić information content (AvgIpc) is 2.62. The number of hydrogen-bond donors (Lipinski definition) is 1. The minimum Gasteiger partial charge on any atom is -0.375 e. The first-order valence-corrected chi connectivity index (χ1v) is 10.6. The van der Waals surface area contributed by atoms with Crippen LogP contribution in [0.3, 0.4) is 0 Å². The monoisotopic (exact) mass is 388 g/mol. The number of carbonyl (C=O) groups is 1. The molecule has 0 saturated carbocycles. The van der Waals surface area contributed by atoms with Gasteiger partial charge in [-0.15, -0.1) is 0 Å². The summed E-state index contributed by atoms with van der Waals surface area (Å²) in [6, 6.07) is 14.0. The molecule has 1 heterocycles. The Hall–Kier alpha value is -2.38. The standard InChI is InChI=1S/C20H24N2O4S/c1-15-6-3-4-7-18(15)14-27(24,25)21-19-9-5-8-17(12-19)20(23)22-10-11-26-16(2)13-22/h3-9,12,16,21H,10-11,13-14H2,1-2H3. The summed E-state index contributed by atoms with van der Waals surface area (Å²) in [5, 5.41) is 0. The van der Waals surface area contributed by atoms with Gasteiger partial charge in [-0.05, 0) is 43.2 Å². The van der Waals surface area contributed by atoms with Crippen LogP contribution >= 0.6 is 0 Å². The summed E-state index contributed by atoms with van der Waals surface area (Å²) < 4.78 is 33.1. The molecule has 0 aromatic heterocycles. The second-order valence-electron chi connectivity index (χ2n) is 6.80. The lowest BCUT2D eigenvalue weighted by Gasteiger charge is -2.31. The second-order valence-corrected chi connectivity index (χ2v) is 8.52. The number of aryl methyl sites for hydroxylation is 1. The van der Waals surface area contributed by atoms with Gasteiger partial charge in [-0.1, -0.05) is 30.3 Å². The highest BCUT2D eigenvalue weighted by Crippen LogP contribution is 2.18. The molecular formula is C20H24N2O4S. The first-order chi connectivity index (χ1) is 12.8. The lowest BCUT2D eigenvalue weighted by Crippen LogP contribution is -2.44. The number of nitrogens with one attached hydrogen (secondary N) is 1. The lowest BCUT2D eigenvalue weighted by atomic mass is 10.1. The highest BCUT2D eigenvalue weighted by atomic mass is 32.2. The summed E-state index contributed by atoms with van der Waals surface area (Å²) in [5.41, 5.74) is 2.52. The number of rotatable bonds is 5. The Bertz CT molecular complexity index is 927. The maximum Gasteiger partial charge on any atom is 0.254 e. The summed E-state index contributed by atoms with van der Waals surface area (Å²) >= 11 is 0. The molecule has 1 fully saturated rings. The van der Waals surface area contributed by atoms with E-state index in [9.17, 15) is 13.2 Å². The number of ether oxygens (including phenoxy) is 1. The maximum atomic E-state index is 12.7. The van der Waals surface area contributed by atoms with Crippen LogP contribution in [-0.4, -0.2) is 45.0 Å². The van der Waals surface area contributed by atoms with Gasteiger partial charge in [-0.3, -0.25) is 9.52 Å². The molecule has 2 aromatic rings. The van der Waals surface area contributed by atoms with E-state index in [0.717, 1.165) is 11.1 Å². The second kappa shape index (κ2) is 8.10. The SMILES string of the molecule is Cc1ccccc1CS(=O)(=O)Nc1cccc(C(=O)N2CCOC(C)C2)c1. The van der Waals surface area contributed by atoms with Crippen molar-refractivity contribution in [3.8, 4) is 0 Å². The Morgan fingerprint density at radius 1 is 1.22 bits per heavy atom. The van der Waals surface area contributed by atoms with Crippen molar-refractivity contribution < 1.29 is 17.9 Å². The number of morpholine rings is 1. The number of carbonyl (C=O) groups excluding carboxylic acids is 1. The van der Waals surface area contributed by atoms with Crippen LogP contribution in [-0.2, 0) is 20.5 Å². The van der Waals surface area contributed by atoms with Crippen molar-refractivity contribution in [3.63, 3.8) is 0 Å². The van der Waals surface area contributed by atoms with Gasteiger partial charge in [-0.2, -0.15) is 0 Å². The lowest BCUT2D eigenvalue weighted by molar-refractivity contribution is -0.0124. The fourth-order valence-electron chi connectivity index (χ4n) is 3.09. The molecule has 1 amide bonds. The average molecular weight is 388 g/mol. The van der Waals surface area contributed by atoms with E-state index in [-0.39, 0.29) is 17.8 Å². The van der Waals surface area contributed by atoms with E-state index in [0.29, 0.717) is 30.9 Å². The summed E-state index contributed by atoms with van der Waals surface area (Å²) in [6.07, 6.45) is -0.00139. The van der Waals surface area contributed by atoms with E-state index in [1.165, 1.54) is 0 Å². The largest absolute Gasteiger partial charge is 0.375 e. The molecule has 6 nitrogen and oxygen atoms in total. The van der Waals surface area contributed by atoms with Crippen LogP contribution in [0.1, 0.15) is 28.4 Å². The molecule has 1 aliphatic rings. The number of sulfonamides is 1. The first-order valence-electron chi connectivity index (χ1n) is 8.90. The normalized spacial score (nSPS) is 17.6. The summed E-state index contributed by atoms with van der Waals surface area (Å²) in [7, 11) is -3.58. The van der Waals surface area contributed by atoms with Crippen molar-refractivity contribution in [2.45, 2.75) is 25.7 Å². The molecule has 27 heavy (non-hydrogen) atoms. The Morgan fingerprint density at radius 3 is 2.74 bits per heavy atom. The fraction of sp³-hybridized carbons (Fsp3) is 0.350. The summed E-state index contributed by atoms with van der Waals surface area (Å²) in [5.74, 6) is -0.233. The zero-order valence-electron chi connectivity index (χ0n) is 15.5. The van der Waals surface area contributed by atoms with Crippen LogP contribution in [0, 0.1) is 6.92 Å². The molecule has 0 bridgehead atoms. The van der Waals surface area contributed by atoms with E-state index in [4.69, 9.17) is 4.74 Å². The van der Waals surface area contributed by atoms with Gasteiger partial charge in [0.1, 0.15) is 0 Å². The van der Waals surface area contributed by atoms with Gasteiger partial charge in [0.25, 0.3) is 5.91 Å². The molecular weight excluding hydrogens is 364 g/mol. The molecule has 0 radical (unpaired) electrons. The van der Waals surface area contributed by atoms with Crippen molar-refractivity contribution in [3.05, 3.63) is 65.2 Å².